The Morgan fingerprint density at radius 1 is 1.07 bits per heavy atom. The van der Waals surface area contributed by atoms with E-state index in [4.69, 9.17) is 4.74 Å². The number of ether oxygens (including phenoxy) is 1. The summed E-state index contributed by atoms with van der Waals surface area (Å²) in [5.74, 6) is -0.209. The van der Waals surface area contributed by atoms with Gasteiger partial charge in [-0.2, -0.15) is 0 Å². The van der Waals surface area contributed by atoms with Gasteiger partial charge < -0.3 is 25.4 Å². The van der Waals surface area contributed by atoms with Crippen LogP contribution in [0.25, 0.3) is 0 Å². The number of rotatable bonds is 8. The van der Waals surface area contributed by atoms with Gasteiger partial charge in [0.2, 0.25) is 11.8 Å². The molecule has 2 aliphatic heterocycles. The van der Waals surface area contributed by atoms with Crippen LogP contribution in [0.15, 0.2) is 42.5 Å². The Balaban J connectivity index is 1.45. The van der Waals surface area contributed by atoms with Gasteiger partial charge in [0.25, 0.3) is 0 Å². The number of nitrogens with zero attached hydrogens (tertiary/aromatic N) is 1. The third-order valence-electron chi connectivity index (χ3n) is 5.34. The first-order chi connectivity index (χ1) is 14.1. The van der Waals surface area contributed by atoms with Crippen LogP contribution in [0.3, 0.4) is 0 Å². The summed E-state index contributed by atoms with van der Waals surface area (Å²) in [6.45, 7) is 2.66. The number of anilines is 1. The van der Waals surface area contributed by atoms with Crippen LogP contribution in [-0.4, -0.2) is 66.3 Å². The molecular formula is C22H31N3O4. The Kier molecular flexibility index (Phi) is 8.22. The van der Waals surface area contributed by atoms with Crippen molar-refractivity contribution in [1.82, 2.24) is 10.2 Å². The van der Waals surface area contributed by atoms with Crippen molar-refractivity contribution >= 4 is 17.5 Å². The van der Waals surface area contributed by atoms with Gasteiger partial charge in [-0.1, -0.05) is 36.8 Å². The third-order valence-corrected chi connectivity index (χ3v) is 5.34. The summed E-state index contributed by atoms with van der Waals surface area (Å²) >= 11 is 0. The Morgan fingerprint density at radius 3 is 2.55 bits per heavy atom. The third kappa shape index (κ3) is 6.96. The zero-order valence-electron chi connectivity index (χ0n) is 16.8. The highest BCUT2D eigenvalue weighted by Crippen LogP contribution is 2.17. The molecule has 1 fully saturated rings. The van der Waals surface area contributed by atoms with E-state index in [1.807, 2.05) is 36.4 Å². The van der Waals surface area contributed by atoms with Crippen molar-refractivity contribution in [2.45, 2.75) is 50.4 Å². The van der Waals surface area contributed by atoms with Crippen LogP contribution in [0, 0.1) is 0 Å². The average Bonchev–Trinajstić information content (AvgIpc) is 2.74. The second-order valence-corrected chi connectivity index (χ2v) is 7.64. The van der Waals surface area contributed by atoms with Crippen molar-refractivity contribution in [2.24, 2.45) is 0 Å². The normalized spacial score (nSPS) is 24.8. The largest absolute Gasteiger partial charge is 0.394 e. The Morgan fingerprint density at radius 2 is 1.83 bits per heavy atom. The minimum absolute atomic E-state index is 0.0486. The van der Waals surface area contributed by atoms with E-state index in [1.54, 1.807) is 6.08 Å². The molecule has 3 rings (SSSR count). The minimum atomic E-state index is -0.562. The summed E-state index contributed by atoms with van der Waals surface area (Å²) < 4.78 is 5.83. The van der Waals surface area contributed by atoms with Crippen molar-refractivity contribution < 1.29 is 19.4 Å². The van der Waals surface area contributed by atoms with Gasteiger partial charge in [-0.3, -0.25) is 9.59 Å². The van der Waals surface area contributed by atoms with Gasteiger partial charge in [-0.25, -0.2) is 0 Å². The number of likely N-dealkylation sites (tertiary alicyclic amines) is 1. The number of aliphatic hydroxyl groups excluding tert-OH is 1. The van der Waals surface area contributed by atoms with E-state index in [0.717, 1.165) is 25.3 Å². The zero-order chi connectivity index (χ0) is 20.5. The lowest BCUT2D eigenvalue weighted by Crippen LogP contribution is -2.49. The zero-order valence-corrected chi connectivity index (χ0v) is 16.8. The molecule has 0 radical (unpaired) electrons. The first-order valence-electron chi connectivity index (χ1n) is 10.5. The molecule has 29 heavy (non-hydrogen) atoms. The van der Waals surface area contributed by atoms with Crippen LogP contribution >= 0.6 is 0 Å². The molecule has 2 aliphatic rings. The van der Waals surface area contributed by atoms with Crippen LogP contribution in [0.4, 0.5) is 5.69 Å². The van der Waals surface area contributed by atoms with Crippen LogP contribution in [-0.2, 0) is 14.3 Å². The monoisotopic (exact) mass is 401 g/mol. The molecule has 0 saturated carbocycles. The number of piperidine rings is 1. The molecule has 7 heteroatoms. The van der Waals surface area contributed by atoms with E-state index in [9.17, 15) is 14.7 Å². The van der Waals surface area contributed by atoms with Crippen molar-refractivity contribution in [1.29, 1.82) is 0 Å². The van der Waals surface area contributed by atoms with Gasteiger partial charge >= 0.3 is 0 Å². The van der Waals surface area contributed by atoms with E-state index >= 15 is 0 Å². The van der Waals surface area contributed by atoms with Crippen LogP contribution in [0.2, 0.25) is 0 Å². The average molecular weight is 402 g/mol. The van der Waals surface area contributed by atoms with Crippen molar-refractivity contribution in [3.63, 3.8) is 0 Å². The molecule has 2 amide bonds. The maximum Gasteiger partial charge on any atom is 0.227 e. The quantitative estimate of drug-likeness (QED) is 0.577. The lowest BCUT2D eigenvalue weighted by molar-refractivity contribution is -0.126. The summed E-state index contributed by atoms with van der Waals surface area (Å²) in [7, 11) is 0. The summed E-state index contributed by atoms with van der Waals surface area (Å²) in [5.41, 5.74) is 0.731. The highest BCUT2D eigenvalue weighted by molar-refractivity contribution is 5.91. The highest BCUT2D eigenvalue weighted by atomic mass is 16.5. The maximum atomic E-state index is 12.3. The van der Waals surface area contributed by atoms with Crippen LogP contribution in [0.5, 0.6) is 0 Å². The first-order valence-corrected chi connectivity index (χ1v) is 10.5. The molecule has 3 atom stereocenters. The van der Waals surface area contributed by atoms with Crippen molar-refractivity contribution in [3.05, 3.63) is 42.5 Å². The van der Waals surface area contributed by atoms with Gasteiger partial charge in [-0.15, -0.1) is 0 Å². The van der Waals surface area contributed by atoms with Gasteiger partial charge in [-0.05, 0) is 38.1 Å². The molecule has 0 aliphatic carbocycles. The number of para-hydroxylation sites is 1. The Hall–Kier alpha value is -2.22. The minimum Gasteiger partial charge on any atom is -0.394 e. The number of hydrogen-bond donors (Lipinski definition) is 3. The molecule has 0 bridgehead atoms. The molecule has 0 aromatic heterocycles. The molecular weight excluding hydrogens is 370 g/mol. The number of hydrogen-bond acceptors (Lipinski definition) is 5. The lowest BCUT2D eigenvalue weighted by Gasteiger charge is -2.32. The number of benzene rings is 1. The topological polar surface area (TPSA) is 90.9 Å². The van der Waals surface area contributed by atoms with Gasteiger partial charge in [0.15, 0.2) is 0 Å². The summed E-state index contributed by atoms with van der Waals surface area (Å²) in [4.78, 5) is 26.8. The standard InChI is InChI=1S/C22H31N3O4/c26-16-20-19(24-21(27)11-14-25-12-5-2-6-13-25)10-9-18(29-20)15-22(28)23-17-7-3-1-4-8-17/h1,3-4,7-10,18-20,26H,2,5-6,11-16H2,(H,23,28)(H,24,27)/t18-,19-,20+/m0/s1. The Bertz CT molecular complexity index is 689. The van der Waals surface area contributed by atoms with Gasteiger partial charge in [0.1, 0.15) is 6.10 Å². The fourth-order valence-electron chi connectivity index (χ4n) is 3.75. The van der Waals surface area contributed by atoms with E-state index in [-0.39, 0.29) is 30.9 Å². The summed E-state index contributed by atoms with van der Waals surface area (Å²) in [6.07, 6.45) is 6.87. The van der Waals surface area contributed by atoms with Crippen LogP contribution in [0.1, 0.15) is 32.1 Å². The molecule has 158 valence electrons. The van der Waals surface area contributed by atoms with E-state index in [0.29, 0.717) is 6.42 Å². The molecule has 1 aromatic rings. The number of aliphatic hydroxyl groups is 1. The summed E-state index contributed by atoms with van der Waals surface area (Å²) in [5, 5.41) is 15.4. The molecule has 7 nitrogen and oxygen atoms in total. The first kappa shape index (κ1) is 21.5. The number of nitrogens with one attached hydrogen (secondary N) is 2. The number of carbonyl (C=O) groups is 2. The predicted molar refractivity (Wildman–Crippen MR) is 111 cm³/mol. The van der Waals surface area contributed by atoms with Crippen molar-refractivity contribution in [3.8, 4) is 0 Å². The predicted octanol–water partition coefficient (Wildman–Crippen LogP) is 1.69. The van der Waals surface area contributed by atoms with Crippen LogP contribution < -0.4 is 10.6 Å². The van der Waals surface area contributed by atoms with Gasteiger partial charge in [0.05, 0.1) is 25.2 Å². The molecule has 0 spiro atoms. The molecule has 2 heterocycles. The maximum absolute atomic E-state index is 12.3. The molecule has 3 N–H and O–H groups in total. The second-order valence-electron chi connectivity index (χ2n) is 7.64. The number of carbonyl (C=O) groups excluding carboxylic acids is 2. The highest BCUT2D eigenvalue weighted by Gasteiger charge is 2.29. The van der Waals surface area contributed by atoms with Gasteiger partial charge in [0, 0.05) is 18.7 Å². The van der Waals surface area contributed by atoms with E-state index < -0.39 is 12.2 Å². The SMILES string of the molecule is O=C(C[C@@H]1C=C[C@H](NC(=O)CCN2CCCCC2)[C@@H](CO)O1)Nc1ccccc1. The smallest absolute Gasteiger partial charge is 0.227 e. The fourth-order valence-corrected chi connectivity index (χ4v) is 3.75. The lowest BCUT2D eigenvalue weighted by atomic mass is 10.0. The van der Waals surface area contributed by atoms with Crippen molar-refractivity contribution in [2.75, 3.05) is 31.6 Å². The van der Waals surface area contributed by atoms with E-state index in [2.05, 4.69) is 15.5 Å². The molecule has 0 unspecified atom stereocenters. The van der Waals surface area contributed by atoms with E-state index in [1.165, 1.54) is 19.3 Å². The fraction of sp³-hybridized carbons (Fsp3) is 0.545. The second kappa shape index (κ2) is 11.1. The number of amides is 2. The summed E-state index contributed by atoms with van der Waals surface area (Å²) in [6, 6.07) is 8.85. The Labute approximate surface area is 172 Å². The molecule has 1 saturated heterocycles. The molecule has 1 aromatic carbocycles.